The maximum Gasteiger partial charge on any atom is 0.124 e. The number of nitriles is 1. The maximum absolute atomic E-state index is 13.5. The van der Waals surface area contributed by atoms with Gasteiger partial charge in [0, 0.05) is 6.61 Å². The molecule has 32 heavy (non-hydrogen) atoms. The number of ether oxygens (including phenoxy) is 2. The van der Waals surface area contributed by atoms with Crippen LogP contribution >= 0.6 is 0 Å². The van der Waals surface area contributed by atoms with Crippen LogP contribution in [0.25, 0.3) is 0 Å². The Bertz CT molecular complexity index is 617. The quantitative estimate of drug-likeness (QED) is 0.204. The normalized spacial score (nSPS) is 12.1. The van der Waals surface area contributed by atoms with Gasteiger partial charge in [0.05, 0.1) is 31.5 Å². The van der Waals surface area contributed by atoms with E-state index < -0.39 is 11.9 Å². The Labute approximate surface area is 195 Å². The Hall–Kier alpha value is -1.48. The number of aliphatic hydroxyl groups excluding tert-OH is 1. The molecular formula is C27H44FNO3. The van der Waals surface area contributed by atoms with Crippen LogP contribution in [0.2, 0.25) is 0 Å². The van der Waals surface area contributed by atoms with Crippen LogP contribution < -0.4 is 0 Å². The highest BCUT2D eigenvalue weighted by atomic mass is 19.1. The summed E-state index contributed by atoms with van der Waals surface area (Å²) in [4.78, 5) is 0. The number of rotatable bonds is 21. The van der Waals surface area contributed by atoms with Gasteiger partial charge in [0.25, 0.3) is 0 Å². The number of unbranched alkanes of at least 4 members (excludes halogenated alkanes) is 13. The van der Waals surface area contributed by atoms with Crippen molar-refractivity contribution in [3.05, 3.63) is 35.1 Å². The van der Waals surface area contributed by atoms with E-state index in [0.29, 0.717) is 18.8 Å². The van der Waals surface area contributed by atoms with Gasteiger partial charge in [-0.15, -0.1) is 0 Å². The molecule has 0 radical (unpaired) electrons. The van der Waals surface area contributed by atoms with Crippen LogP contribution in [0.3, 0.4) is 0 Å². The number of halogens is 1. The van der Waals surface area contributed by atoms with Crippen molar-refractivity contribution in [3.8, 4) is 6.07 Å². The van der Waals surface area contributed by atoms with Crippen molar-refractivity contribution in [3.63, 3.8) is 0 Å². The smallest absolute Gasteiger partial charge is 0.124 e. The van der Waals surface area contributed by atoms with Gasteiger partial charge < -0.3 is 14.6 Å². The Balaban J connectivity index is 1.93. The maximum atomic E-state index is 13.5. The average molecular weight is 450 g/mol. The highest BCUT2D eigenvalue weighted by molar-refractivity contribution is 5.33. The number of aliphatic hydroxyl groups is 1. The minimum absolute atomic E-state index is 0.139. The van der Waals surface area contributed by atoms with E-state index in [1.54, 1.807) is 6.07 Å². The molecule has 0 aliphatic carbocycles. The van der Waals surface area contributed by atoms with Crippen molar-refractivity contribution >= 4 is 0 Å². The van der Waals surface area contributed by atoms with Gasteiger partial charge in [-0.1, -0.05) is 90.4 Å². The standard InChI is InChI=1S/C27H44FNO3/c1-2-3-4-5-6-7-8-9-10-11-12-13-14-15-16-31-23-27(21-30)32-22-25-17-24(20-29)18-26(28)19-25/h17-19,27,30H,2-16,21-23H2,1H3. The molecule has 0 aliphatic heterocycles. The summed E-state index contributed by atoms with van der Waals surface area (Å²) in [6.45, 7) is 3.23. The molecule has 0 saturated heterocycles. The van der Waals surface area contributed by atoms with E-state index in [-0.39, 0.29) is 18.8 Å². The first kappa shape index (κ1) is 28.6. The minimum atomic E-state index is -0.461. The Morgan fingerprint density at radius 2 is 1.44 bits per heavy atom. The molecule has 0 fully saturated rings. The number of benzene rings is 1. The molecule has 0 aliphatic rings. The van der Waals surface area contributed by atoms with Crippen LogP contribution in [0.15, 0.2) is 18.2 Å². The van der Waals surface area contributed by atoms with Gasteiger partial charge in [-0.05, 0) is 30.2 Å². The Morgan fingerprint density at radius 3 is 1.97 bits per heavy atom. The fraction of sp³-hybridized carbons (Fsp3) is 0.741. The molecule has 0 aromatic heterocycles. The van der Waals surface area contributed by atoms with Gasteiger partial charge >= 0.3 is 0 Å². The lowest BCUT2D eigenvalue weighted by molar-refractivity contribution is -0.0503. The third-order valence-corrected chi connectivity index (χ3v) is 5.72. The summed E-state index contributed by atoms with van der Waals surface area (Å²) in [5.74, 6) is -0.461. The van der Waals surface area contributed by atoms with Crippen molar-refractivity contribution in [1.29, 1.82) is 5.26 Å². The Morgan fingerprint density at radius 1 is 0.875 bits per heavy atom. The van der Waals surface area contributed by atoms with E-state index in [0.717, 1.165) is 6.42 Å². The summed E-state index contributed by atoms with van der Waals surface area (Å²) >= 11 is 0. The van der Waals surface area contributed by atoms with Crippen LogP contribution in [-0.2, 0) is 16.1 Å². The van der Waals surface area contributed by atoms with Crippen molar-refractivity contribution in [2.45, 2.75) is 110 Å². The minimum Gasteiger partial charge on any atom is -0.394 e. The Kier molecular flexibility index (Phi) is 18.0. The summed E-state index contributed by atoms with van der Waals surface area (Å²) in [6.07, 6.45) is 18.1. The molecule has 1 N–H and O–H groups in total. The molecule has 1 atom stereocenters. The van der Waals surface area contributed by atoms with Crippen LogP contribution in [-0.4, -0.2) is 31.0 Å². The zero-order valence-corrected chi connectivity index (χ0v) is 20.1. The fourth-order valence-corrected chi connectivity index (χ4v) is 3.78. The van der Waals surface area contributed by atoms with Crippen molar-refractivity contribution in [2.24, 2.45) is 0 Å². The molecular weight excluding hydrogens is 405 g/mol. The van der Waals surface area contributed by atoms with Crippen LogP contribution in [0.1, 0.15) is 108 Å². The predicted molar refractivity (Wildman–Crippen MR) is 128 cm³/mol. The van der Waals surface area contributed by atoms with Gasteiger partial charge in [-0.25, -0.2) is 4.39 Å². The molecule has 0 spiro atoms. The van der Waals surface area contributed by atoms with E-state index in [4.69, 9.17) is 14.7 Å². The van der Waals surface area contributed by atoms with Crippen LogP contribution in [0.4, 0.5) is 4.39 Å². The molecule has 5 heteroatoms. The van der Waals surface area contributed by atoms with Gasteiger partial charge in [0.2, 0.25) is 0 Å². The lowest BCUT2D eigenvalue weighted by atomic mass is 10.0. The predicted octanol–water partition coefficient (Wildman–Crippen LogP) is 7.07. The highest BCUT2D eigenvalue weighted by Crippen LogP contribution is 2.13. The average Bonchev–Trinajstić information content (AvgIpc) is 2.80. The molecule has 1 aromatic carbocycles. The van der Waals surface area contributed by atoms with Crippen molar-refractivity contribution in [1.82, 2.24) is 0 Å². The van der Waals surface area contributed by atoms with Crippen molar-refractivity contribution in [2.75, 3.05) is 19.8 Å². The number of nitrogens with zero attached hydrogens (tertiary/aromatic N) is 1. The third-order valence-electron chi connectivity index (χ3n) is 5.72. The number of hydrogen-bond acceptors (Lipinski definition) is 4. The van der Waals surface area contributed by atoms with Gasteiger partial charge in [-0.3, -0.25) is 0 Å². The zero-order valence-electron chi connectivity index (χ0n) is 20.1. The first-order valence-electron chi connectivity index (χ1n) is 12.7. The zero-order chi connectivity index (χ0) is 23.3. The molecule has 0 bridgehead atoms. The fourth-order valence-electron chi connectivity index (χ4n) is 3.78. The van der Waals surface area contributed by atoms with E-state index >= 15 is 0 Å². The van der Waals surface area contributed by atoms with E-state index in [1.807, 2.05) is 6.07 Å². The summed E-state index contributed by atoms with van der Waals surface area (Å²) in [5, 5.41) is 18.4. The molecule has 0 heterocycles. The topological polar surface area (TPSA) is 62.5 Å². The second kappa shape index (κ2) is 20.1. The van der Waals surface area contributed by atoms with Gasteiger partial charge in [0.15, 0.2) is 0 Å². The van der Waals surface area contributed by atoms with E-state index in [9.17, 15) is 9.50 Å². The molecule has 4 nitrogen and oxygen atoms in total. The first-order valence-corrected chi connectivity index (χ1v) is 12.7. The first-order chi connectivity index (χ1) is 15.7. The second-order valence-corrected chi connectivity index (χ2v) is 8.75. The van der Waals surface area contributed by atoms with Crippen LogP contribution in [0, 0.1) is 17.1 Å². The van der Waals surface area contributed by atoms with Crippen LogP contribution in [0.5, 0.6) is 0 Å². The molecule has 1 aromatic rings. The van der Waals surface area contributed by atoms with Crippen molar-refractivity contribution < 1.29 is 19.0 Å². The van der Waals surface area contributed by atoms with Gasteiger partial charge in [0.1, 0.15) is 11.9 Å². The SMILES string of the molecule is CCCCCCCCCCCCCCCCOCC(CO)OCc1cc(F)cc(C#N)c1. The largest absolute Gasteiger partial charge is 0.394 e. The van der Waals surface area contributed by atoms with E-state index in [2.05, 4.69) is 6.92 Å². The monoisotopic (exact) mass is 449 g/mol. The molecule has 0 saturated carbocycles. The number of hydrogen-bond donors (Lipinski definition) is 1. The summed E-state index contributed by atoms with van der Waals surface area (Å²) in [7, 11) is 0. The third kappa shape index (κ3) is 15.3. The molecule has 1 unspecified atom stereocenters. The summed E-state index contributed by atoms with van der Waals surface area (Å²) in [6, 6.07) is 6.04. The molecule has 0 amide bonds. The molecule has 1 rings (SSSR count). The lowest BCUT2D eigenvalue weighted by Crippen LogP contribution is -2.24. The lowest BCUT2D eigenvalue weighted by Gasteiger charge is -2.16. The summed E-state index contributed by atoms with van der Waals surface area (Å²) in [5.41, 5.74) is 0.838. The molecule has 182 valence electrons. The second-order valence-electron chi connectivity index (χ2n) is 8.75. The van der Waals surface area contributed by atoms with Gasteiger partial charge in [-0.2, -0.15) is 5.26 Å². The highest BCUT2D eigenvalue weighted by Gasteiger charge is 2.09. The summed E-state index contributed by atoms with van der Waals surface area (Å²) < 4.78 is 24.7. The van der Waals surface area contributed by atoms with E-state index in [1.165, 1.54) is 95.6 Å².